The number of hydrogen-bond acceptors (Lipinski definition) is 4. The molecule has 1 saturated heterocycles. The molecule has 3 rings (SSSR count). The van der Waals surface area contributed by atoms with Crippen LogP contribution in [0, 0.1) is 0 Å². The van der Waals surface area contributed by atoms with E-state index in [0.717, 1.165) is 30.9 Å². The third kappa shape index (κ3) is 5.45. The molecule has 0 aromatic heterocycles. The Morgan fingerprint density at radius 3 is 2.23 bits per heavy atom. The summed E-state index contributed by atoms with van der Waals surface area (Å²) in [4.78, 5) is 2.23. The Morgan fingerprint density at radius 2 is 1.58 bits per heavy atom. The number of piperazine rings is 1. The first-order valence-electron chi connectivity index (χ1n) is 8.65. The number of rotatable bonds is 7. The summed E-state index contributed by atoms with van der Waals surface area (Å²) < 4.78 is 32.5. The molecule has 0 atom stereocenters. The van der Waals surface area contributed by atoms with Gasteiger partial charge in [0.05, 0.1) is 5.75 Å². The van der Waals surface area contributed by atoms with Crippen molar-refractivity contribution in [2.45, 2.75) is 5.75 Å². The number of hydrogen-bond donors (Lipinski definition) is 0. The van der Waals surface area contributed by atoms with Crippen molar-refractivity contribution in [2.24, 2.45) is 0 Å². The van der Waals surface area contributed by atoms with Gasteiger partial charge in [-0.15, -0.1) is 0 Å². The molecule has 0 N–H and O–H groups in total. The smallest absolute Gasteiger partial charge is 0.218 e. The van der Waals surface area contributed by atoms with Crippen LogP contribution in [0.2, 0.25) is 5.02 Å². The summed E-state index contributed by atoms with van der Waals surface area (Å²) in [5, 5.41) is 0.609. The molecule has 1 aliphatic rings. The second kappa shape index (κ2) is 8.86. The SMILES string of the molecule is O=S(=O)(Cc1ccc(Cl)cc1)N1CCN(CCOc2ccccc2)CC1. The molecule has 0 spiro atoms. The van der Waals surface area contributed by atoms with E-state index >= 15 is 0 Å². The summed E-state index contributed by atoms with van der Waals surface area (Å²) in [6.07, 6.45) is 0. The molecular weight excluding hydrogens is 372 g/mol. The molecule has 2 aromatic carbocycles. The van der Waals surface area contributed by atoms with Crippen molar-refractivity contribution in [3.8, 4) is 5.75 Å². The lowest BCUT2D eigenvalue weighted by Gasteiger charge is -2.33. The Morgan fingerprint density at radius 1 is 0.923 bits per heavy atom. The largest absolute Gasteiger partial charge is 0.492 e. The Labute approximate surface area is 160 Å². The topological polar surface area (TPSA) is 49.9 Å². The monoisotopic (exact) mass is 394 g/mol. The quantitative estimate of drug-likeness (QED) is 0.724. The number of nitrogens with zero attached hydrogens (tertiary/aromatic N) is 2. The molecule has 5 nitrogen and oxygen atoms in total. The van der Waals surface area contributed by atoms with E-state index in [2.05, 4.69) is 4.90 Å². The third-order valence-electron chi connectivity index (χ3n) is 4.41. The molecular formula is C19H23ClN2O3S. The van der Waals surface area contributed by atoms with Gasteiger partial charge in [-0.2, -0.15) is 4.31 Å². The first-order valence-corrected chi connectivity index (χ1v) is 10.6. The van der Waals surface area contributed by atoms with Crippen molar-refractivity contribution in [3.05, 3.63) is 65.2 Å². The van der Waals surface area contributed by atoms with Crippen molar-refractivity contribution >= 4 is 21.6 Å². The van der Waals surface area contributed by atoms with E-state index in [1.807, 2.05) is 30.3 Å². The lowest BCUT2D eigenvalue weighted by Crippen LogP contribution is -2.49. The van der Waals surface area contributed by atoms with E-state index in [-0.39, 0.29) is 5.75 Å². The zero-order chi connectivity index (χ0) is 18.4. The van der Waals surface area contributed by atoms with Crippen molar-refractivity contribution in [1.82, 2.24) is 9.21 Å². The molecule has 26 heavy (non-hydrogen) atoms. The normalized spacial score (nSPS) is 16.5. The van der Waals surface area contributed by atoms with Crippen molar-refractivity contribution in [2.75, 3.05) is 39.3 Å². The number of benzene rings is 2. The number of halogens is 1. The van der Waals surface area contributed by atoms with E-state index in [1.54, 1.807) is 28.6 Å². The highest BCUT2D eigenvalue weighted by atomic mass is 35.5. The Kier molecular flexibility index (Phi) is 6.53. The van der Waals surface area contributed by atoms with Gasteiger partial charge in [0.15, 0.2) is 0 Å². The van der Waals surface area contributed by atoms with Crippen LogP contribution in [0.4, 0.5) is 0 Å². The Balaban J connectivity index is 1.44. The highest BCUT2D eigenvalue weighted by molar-refractivity contribution is 7.88. The van der Waals surface area contributed by atoms with Gasteiger partial charge in [-0.25, -0.2) is 8.42 Å². The molecule has 140 valence electrons. The molecule has 0 bridgehead atoms. The summed E-state index contributed by atoms with van der Waals surface area (Å²) >= 11 is 5.85. The van der Waals surface area contributed by atoms with Crippen LogP contribution in [0.15, 0.2) is 54.6 Å². The highest BCUT2D eigenvalue weighted by Gasteiger charge is 2.26. The standard InChI is InChI=1S/C19H23ClN2O3S/c20-18-8-6-17(7-9-18)16-26(23,24)22-12-10-21(11-13-22)14-15-25-19-4-2-1-3-5-19/h1-9H,10-16H2. The molecule has 0 amide bonds. The number of sulfonamides is 1. The van der Waals surface area contributed by atoms with Crippen LogP contribution in [0.1, 0.15) is 5.56 Å². The van der Waals surface area contributed by atoms with E-state index < -0.39 is 10.0 Å². The van der Waals surface area contributed by atoms with E-state index in [9.17, 15) is 8.42 Å². The van der Waals surface area contributed by atoms with Gasteiger partial charge >= 0.3 is 0 Å². The van der Waals surface area contributed by atoms with E-state index in [1.165, 1.54) is 0 Å². The summed E-state index contributed by atoms with van der Waals surface area (Å²) in [7, 11) is -3.30. The molecule has 1 fully saturated rings. The summed E-state index contributed by atoms with van der Waals surface area (Å²) in [5.41, 5.74) is 0.757. The molecule has 0 aliphatic carbocycles. The lowest BCUT2D eigenvalue weighted by molar-refractivity contribution is 0.159. The van der Waals surface area contributed by atoms with Crippen molar-refractivity contribution in [3.63, 3.8) is 0 Å². The minimum absolute atomic E-state index is 0.0152. The van der Waals surface area contributed by atoms with Crippen molar-refractivity contribution < 1.29 is 13.2 Å². The highest BCUT2D eigenvalue weighted by Crippen LogP contribution is 2.16. The van der Waals surface area contributed by atoms with E-state index in [4.69, 9.17) is 16.3 Å². The van der Waals surface area contributed by atoms with Gasteiger partial charge in [-0.3, -0.25) is 4.90 Å². The first kappa shape index (κ1) is 19.2. The number of ether oxygens (including phenoxy) is 1. The first-order chi connectivity index (χ1) is 12.5. The molecule has 1 aliphatic heterocycles. The third-order valence-corrected chi connectivity index (χ3v) is 6.51. The summed E-state index contributed by atoms with van der Waals surface area (Å²) in [5.74, 6) is 0.873. The fourth-order valence-electron chi connectivity index (χ4n) is 2.92. The summed E-state index contributed by atoms with van der Waals surface area (Å²) in [6, 6.07) is 16.7. The lowest BCUT2D eigenvalue weighted by atomic mass is 10.2. The minimum atomic E-state index is -3.30. The molecule has 0 saturated carbocycles. The van der Waals surface area contributed by atoms with Crippen LogP contribution in [0.3, 0.4) is 0 Å². The molecule has 7 heteroatoms. The average Bonchev–Trinajstić information content (AvgIpc) is 2.65. The van der Waals surface area contributed by atoms with Gasteiger partial charge in [0.2, 0.25) is 10.0 Å². The van der Waals surface area contributed by atoms with Gasteiger partial charge < -0.3 is 4.74 Å². The maximum Gasteiger partial charge on any atom is 0.218 e. The molecule has 0 radical (unpaired) electrons. The Hall–Kier alpha value is -1.60. The van der Waals surface area contributed by atoms with Crippen LogP contribution >= 0.6 is 11.6 Å². The predicted molar refractivity (Wildman–Crippen MR) is 104 cm³/mol. The maximum absolute atomic E-state index is 12.6. The van der Waals surface area contributed by atoms with Gasteiger partial charge in [-0.05, 0) is 29.8 Å². The van der Waals surface area contributed by atoms with Crippen LogP contribution in [-0.4, -0.2) is 57.0 Å². The average molecular weight is 395 g/mol. The maximum atomic E-state index is 12.6. The van der Waals surface area contributed by atoms with Crippen LogP contribution < -0.4 is 4.74 Å². The van der Waals surface area contributed by atoms with Crippen molar-refractivity contribution in [1.29, 1.82) is 0 Å². The minimum Gasteiger partial charge on any atom is -0.492 e. The number of para-hydroxylation sites is 1. The zero-order valence-electron chi connectivity index (χ0n) is 14.6. The van der Waals surface area contributed by atoms with Gasteiger partial charge in [0, 0.05) is 37.7 Å². The summed E-state index contributed by atoms with van der Waals surface area (Å²) in [6.45, 7) is 3.86. The second-order valence-electron chi connectivity index (χ2n) is 6.28. The van der Waals surface area contributed by atoms with Gasteiger partial charge in [0.1, 0.15) is 12.4 Å². The van der Waals surface area contributed by atoms with Gasteiger partial charge in [-0.1, -0.05) is 41.9 Å². The van der Waals surface area contributed by atoms with Crippen LogP contribution in [-0.2, 0) is 15.8 Å². The predicted octanol–water partition coefficient (Wildman–Crippen LogP) is 2.87. The van der Waals surface area contributed by atoms with Crippen LogP contribution in [0.5, 0.6) is 5.75 Å². The second-order valence-corrected chi connectivity index (χ2v) is 8.69. The van der Waals surface area contributed by atoms with Crippen LogP contribution in [0.25, 0.3) is 0 Å². The molecule has 0 unspecified atom stereocenters. The fourth-order valence-corrected chi connectivity index (χ4v) is 4.57. The molecule has 2 aromatic rings. The fraction of sp³-hybridized carbons (Fsp3) is 0.368. The van der Waals surface area contributed by atoms with Gasteiger partial charge in [0.25, 0.3) is 0 Å². The van der Waals surface area contributed by atoms with E-state index in [0.29, 0.717) is 24.7 Å². The Bertz CT molecular complexity index is 789. The molecule has 1 heterocycles. The zero-order valence-corrected chi connectivity index (χ0v) is 16.1.